The van der Waals surface area contributed by atoms with Gasteiger partial charge in [0.2, 0.25) is 0 Å². The fraction of sp³-hybridized carbons (Fsp3) is 1.00. The maximum absolute atomic E-state index is 5.84. The van der Waals surface area contributed by atoms with Crippen molar-refractivity contribution in [1.29, 1.82) is 0 Å². The van der Waals surface area contributed by atoms with Gasteiger partial charge < -0.3 is 22.8 Å². The molecule has 1 aliphatic heterocycles. The van der Waals surface area contributed by atoms with Gasteiger partial charge in [0.05, 0.1) is 19.8 Å². The van der Waals surface area contributed by atoms with E-state index < -0.39 is 8.80 Å². The van der Waals surface area contributed by atoms with Crippen molar-refractivity contribution < 1.29 is 22.8 Å². The third kappa shape index (κ3) is 5.96. The van der Waals surface area contributed by atoms with Crippen molar-refractivity contribution in [2.45, 2.75) is 46.6 Å². The molecule has 6 heteroatoms. The van der Waals surface area contributed by atoms with Crippen LogP contribution in [0.1, 0.15) is 40.5 Å². The first kappa shape index (κ1) is 19.1. The van der Waals surface area contributed by atoms with Crippen LogP contribution in [0.25, 0.3) is 0 Å². The van der Waals surface area contributed by atoms with Gasteiger partial charge in [0, 0.05) is 37.9 Å². The van der Waals surface area contributed by atoms with Gasteiger partial charge in [0.15, 0.2) is 0 Å². The molecule has 0 unspecified atom stereocenters. The fourth-order valence-corrected chi connectivity index (χ4v) is 5.04. The minimum absolute atomic E-state index is 0.258. The minimum atomic E-state index is -2.50. The summed E-state index contributed by atoms with van der Waals surface area (Å²) in [6.07, 6.45) is 2.02. The third-order valence-electron chi connectivity index (χ3n) is 3.84. The van der Waals surface area contributed by atoms with Gasteiger partial charge in [-0.05, 0) is 33.6 Å². The second-order valence-electron chi connectivity index (χ2n) is 5.48. The summed E-state index contributed by atoms with van der Waals surface area (Å²) < 4.78 is 28.6. The van der Waals surface area contributed by atoms with Crippen molar-refractivity contribution in [3.8, 4) is 0 Å². The minimum Gasteiger partial charge on any atom is -0.381 e. The summed E-state index contributed by atoms with van der Waals surface area (Å²) in [6.45, 7) is 13.2. The molecular formula is C15H32O5Si. The summed E-state index contributed by atoms with van der Waals surface area (Å²) in [5.41, 5.74) is 0.258. The van der Waals surface area contributed by atoms with Crippen LogP contribution in [-0.4, -0.2) is 55.1 Å². The molecule has 0 atom stereocenters. The van der Waals surface area contributed by atoms with Gasteiger partial charge in [-0.25, -0.2) is 0 Å². The molecular weight excluding hydrogens is 288 g/mol. The Balaban J connectivity index is 2.28. The van der Waals surface area contributed by atoms with Gasteiger partial charge in [-0.2, -0.15) is 0 Å². The molecule has 0 bridgehead atoms. The highest BCUT2D eigenvalue weighted by Crippen LogP contribution is 2.31. The average molecular weight is 321 g/mol. The molecule has 1 rings (SSSR count). The molecule has 1 fully saturated rings. The van der Waals surface area contributed by atoms with Gasteiger partial charge in [-0.1, -0.05) is 6.92 Å². The molecule has 0 aromatic carbocycles. The molecule has 0 N–H and O–H groups in total. The summed E-state index contributed by atoms with van der Waals surface area (Å²) in [4.78, 5) is 0. The maximum atomic E-state index is 5.84. The Labute approximate surface area is 130 Å². The molecule has 1 saturated heterocycles. The largest absolute Gasteiger partial charge is 0.501 e. The lowest BCUT2D eigenvalue weighted by Gasteiger charge is -2.40. The van der Waals surface area contributed by atoms with Gasteiger partial charge in [0.1, 0.15) is 0 Å². The normalized spacial score (nSPS) is 17.7. The first-order chi connectivity index (χ1) is 10.2. The molecule has 0 amide bonds. The summed E-state index contributed by atoms with van der Waals surface area (Å²) in [5.74, 6) is 0. The summed E-state index contributed by atoms with van der Waals surface area (Å²) in [5, 5.41) is 0. The SMILES string of the molecule is CCO[Si](CCCOCC1(CC)COC1)(OCC)OCC. The Morgan fingerprint density at radius 2 is 1.52 bits per heavy atom. The Bertz CT molecular complexity index is 248. The highest BCUT2D eigenvalue weighted by Gasteiger charge is 2.40. The molecule has 1 heterocycles. The standard InChI is InChI=1S/C15H32O5Si/c1-5-15(13-17-14-15)12-16-10-9-11-21(18-6-2,19-7-3)20-8-4/h5-14H2,1-4H3. The summed E-state index contributed by atoms with van der Waals surface area (Å²) in [7, 11) is -2.50. The predicted octanol–water partition coefficient (Wildman–Crippen LogP) is 2.87. The van der Waals surface area contributed by atoms with E-state index in [1.165, 1.54) is 0 Å². The van der Waals surface area contributed by atoms with Crippen molar-refractivity contribution in [1.82, 2.24) is 0 Å². The zero-order chi connectivity index (χ0) is 15.6. The summed E-state index contributed by atoms with van der Waals surface area (Å²) in [6, 6.07) is 0.818. The van der Waals surface area contributed by atoms with Crippen LogP contribution in [0.4, 0.5) is 0 Å². The number of rotatable bonds is 13. The predicted molar refractivity (Wildman–Crippen MR) is 84.4 cm³/mol. The highest BCUT2D eigenvalue weighted by atomic mass is 28.4. The highest BCUT2D eigenvalue weighted by molar-refractivity contribution is 6.60. The number of hydrogen-bond acceptors (Lipinski definition) is 5. The van der Waals surface area contributed by atoms with Crippen molar-refractivity contribution in [2.24, 2.45) is 5.41 Å². The average Bonchev–Trinajstić information content (AvgIpc) is 2.42. The van der Waals surface area contributed by atoms with E-state index in [1.807, 2.05) is 20.8 Å². The maximum Gasteiger partial charge on any atom is 0.501 e. The van der Waals surface area contributed by atoms with E-state index in [1.54, 1.807) is 0 Å². The monoisotopic (exact) mass is 320 g/mol. The van der Waals surface area contributed by atoms with Gasteiger partial charge in [-0.15, -0.1) is 0 Å². The smallest absolute Gasteiger partial charge is 0.381 e. The zero-order valence-corrected chi connectivity index (χ0v) is 15.1. The summed E-state index contributed by atoms with van der Waals surface area (Å²) >= 11 is 0. The first-order valence-corrected chi connectivity index (χ1v) is 10.2. The molecule has 0 spiro atoms. The Hall–Kier alpha value is 0.0169. The second-order valence-corrected chi connectivity index (χ2v) is 8.22. The number of hydrogen-bond donors (Lipinski definition) is 0. The van der Waals surface area contributed by atoms with Crippen molar-refractivity contribution in [2.75, 3.05) is 46.2 Å². The van der Waals surface area contributed by atoms with E-state index in [4.69, 9.17) is 22.8 Å². The van der Waals surface area contributed by atoms with Crippen LogP contribution in [0.3, 0.4) is 0 Å². The second kappa shape index (κ2) is 9.92. The van der Waals surface area contributed by atoms with Gasteiger partial charge >= 0.3 is 8.80 Å². The van der Waals surface area contributed by atoms with E-state index in [-0.39, 0.29) is 5.41 Å². The van der Waals surface area contributed by atoms with E-state index in [0.29, 0.717) is 19.8 Å². The lowest BCUT2D eigenvalue weighted by atomic mass is 9.84. The molecule has 126 valence electrons. The molecule has 0 saturated carbocycles. The molecule has 0 aliphatic carbocycles. The number of ether oxygens (including phenoxy) is 2. The zero-order valence-electron chi connectivity index (χ0n) is 14.1. The Morgan fingerprint density at radius 3 is 1.90 bits per heavy atom. The Kier molecular flexibility index (Phi) is 9.00. The Morgan fingerprint density at radius 1 is 0.952 bits per heavy atom. The van der Waals surface area contributed by atoms with E-state index in [0.717, 1.165) is 45.3 Å². The quantitative estimate of drug-likeness (QED) is 0.386. The van der Waals surface area contributed by atoms with Crippen LogP contribution in [0.15, 0.2) is 0 Å². The van der Waals surface area contributed by atoms with Crippen LogP contribution in [0, 0.1) is 5.41 Å². The third-order valence-corrected chi connectivity index (χ3v) is 6.99. The lowest BCUT2D eigenvalue weighted by molar-refractivity contribution is -0.150. The van der Waals surface area contributed by atoms with Crippen molar-refractivity contribution in [3.63, 3.8) is 0 Å². The van der Waals surface area contributed by atoms with E-state index in [9.17, 15) is 0 Å². The molecule has 5 nitrogen and oxygen atoms in total. The molecule has 0 aromatic heterocycles. The fourth-order valence-electron chi connectivity index (χ4n) is 2.46. The molecule has 21 heavy (non-hydrogen) atoms. The molecule has 0 aromatic rings. The van der Waals surface area contributed by atoms with Crippen LogP contribution >= 0.6 is 0 Å². The van der Waals surface area contributed by atoms with Crippen LogP contribution < -0.4 is 0 Å². The van der Waals surface area contributed by atoms with E-state index >= 15 is 0 Å². The van der Waals surface area contributed by atoms with E-state index in [2.05, 4.69) is 6.92 Å². The lowest BCUT2D eigenvalue weighted by Crippen LogP contribution is -2.47. The van der Waals surface area contributed by atoms with Crippen molar-refractivity contribution in [3.05, 3.63) is 0 Å². The van der Waals surface area contributed by atoms with Crippen LogP contribution in [-0.2, 0) is 22.8 Å². The topological polar surface area (TPSA) is 46.2 Å². The first-order valence-electron chi connectivity index (χ1n) is 8.23. The van der Waals surface area contributed by atoms with Gasteiger partial charge in [0.25, 0.3) is 0 Å². The van der Waals surface area contributed by atoms with Crippen molar-refractivity contribution >= 4 is 8.80 Å². The van der Waals surface area contributed by atoms with Gasteiger partial charge in [-0.3, -0.25) is 0 Å². The van der Waals surface area contributed by atoms with Crippen LogP contribution in [0.2, 0.25) is 6.04 Å². The molecule has 1 aliphatic rings. The van der Waals surface area contributed by atoms with Crippen LogP contribution in [0.5, 0.6) is 0 Å². The molecule has 0 radical (unpaired) electrons.